The summed E-state index contributed by atoms with van der Waals surface area (Å²) in [7, 11) is 0. The summed E-state index contributed by atoms with van der Waals surface area (Å²) in [6.07, 6.45) is 6.27. The zero-order valence-electron chi connectivity index (χ0n) is 14.1. The van der Waals surface area contributed by atoms with Gasteiger partial charge in [-0.15, -0.1) is 11.3 Å². The molecule has 0 saturated heterocycles. The molecule has 1 aliphatic rings. The lowest BCUT2D eigenvalue weighted by molar-refractivity contribution is -0.116. The Morgan fingerprint density at radius 3 is 3.08 bits per heavy atom. The van der Waals surface area contributed by atoms with Crippen molar-refractivity contribution in [2.45, 2.75) is 58.9 Å². The van der Waals surface area contributed by atoms with E-state index in [-0.39, 0.29) is 12.5 Å². The van der Waals surface area contributed by atoms with Gasteiger partial charge >= 0.3 is 0 Å². The van der Waals surface area contributed by atoms with Crippen LogP contribution >= 0.6 is 23.6 Å². The molecule has 1 aliphatic carbocycles. The lowest BCUT2D eigenvalue weighted by atomic mass is 9.89. The van der Waals surface area contributed by atoms with Crippen molar-refractivity contribution in [2.75, 3.05) is 5.32 Å². The van der Waals surface area contributed by atoms with Crippen LogP contribution < -0.4 is 5.32 Å². The number of aromatic amines is 1. The minimum Gasteiger partial charge on any atom is -0.300 e. The van der Waals surface area contributed by atoms with Crippen LogP contribution in [0.15, 0.2) is 0 Å². The number of carbonyl (C=O) groups is 1. The van der Waals surface area contributed by atoms with Crippen molar-refractivity contribution >= 4 is 34.6 Å². The third kappa shape index (κ3) is 3.75. The summed E-state index contributed by atoms with van der Waals surface area (Å²) in [5.74, 6) is 1.47. The third-order valence-electron chi connectivity index (χ3n) is 4.48. The van der Waals surface area contributed by atoms with Crippen LogP contribution in [0.1, 0.15) is 49.5 Å². The average molecular weight is 366 g/mol. The Bertz CT molecular complexity index is 776. The van der Waals surface area contributed by atoms with Gasteiger partial charge in [0.15, 0.2) is 9.90 Å². The van der Waals surface area contributed by atoms with Gasteiger partial charge < -0.3 is 5.32 Å². The van der Waals surface area contributed by atoms with Crippen molar-refractivity contribution in [1.29, 1.82) is 0 Å². The highest BCUT2D eigenvalue weighted by Gasteiger charge is 2.22. The van der Waals surface area contributed by atoms with Gasteiger partial charge in [-0.1, -0.05) is 20.3 Å². The largest absolute Gasteiger partial charge is 0.300 e. The Balaban J connectivity index is 1.67. The van der Waals surface area contributed by atoms with Crippen LogP contribution in [0.25, 0.3) is 0 Å². The van der Waals surface area contributed by atoms with Crippen LogP contribution in [0.4, 0.5) is 5.13 Å². The van der Waals surface area contributed by atoms with E-state index in [1.165, 1.54) is 17.7 Å². The molecular weight excluding hydrogens is 342 g/mol. The summed E-state index contributed by atoms with van der Waals surface area (Å²) in [6.45, 7) is 4.49. The predicted molar refractivity (Wildman–Crippen MR) is 98.0 cm³/mol. The van der Waals surface area contributed by atoms with E-state index in [4.69, 9.17) is 12.2 Å². The first kappa shape index (κ1) is 17.3. The highest BCUT2D eigenvalue weighted by Crippen LogP contribution is 2.33. The van der Waals surface area contributed by atoms with Gasteiger partial charge in [0, 0.05) is 11.3 Å². The number of hydrogen-bond acceptors (Lipinski definition) is 5. The van der Waals surface area contributed by atoms with Crippen molar-refractivity contribution in [3.63, 3.8) is 0 Å². The van der Waals surface area contributed by atoms with Gasteiger partial charge in [0.1, 0.15) is 12.4 Å². The van der Waals surface area contributed by atoms with Crippen molar-refractivity contribution in [3.05, 3.63) is 21.2 Å². The molecule has 2 heterocycles. The minimum atomic E-state index is -0.108. The van der Waals surface area contributed by atoms with E-state index in [1.807, 2.05) is 0 Å². The second-order valence-corrected chi connectivity index (χ2v) is 7.71. The van der Waals surface area contributed by atoms with E-state index in [9.17, 15) is 4.79 Å². The summed E-state index contributed by atoms with van der Waals surface area (Å²) >= 11 is 6.83. The lowest BCUT2D eigenvalue weighted by Gasteiger charge is -2.18. The summed E-state index contributed by atoms with van der Waals surface area (Å²) in [5.41, 5.74) is 1.16. The number of H-pyrrole nitrogens is 1. The predicted octanol–water partition coefficient (Wildman–Crippen LogP) is 3.50. The van der Waals surface area contributed by atoms with Crippen molar-refractivity contribution in [2.24, 2.45) is 5.92 Å². The van der Waals surface area contributed by atoms with Crippen LogP contribution in [0.5, 0.6) is 0 Å². The number of amides is 1. The van der Waals surface area contributed by atoms with Crippen LogP contribution in [0.3, 0.4) is 0 Å². The first-order valence-electron chi connectivity index (χ1n) is 8.53. The van der Waals surface area contributed by atoms with E-state index in [1.54, 1.807) is 15.9 Å². The zero-order valence-corrected chi connectivity index (χ0v) is 15.7. The van der Waals surface area contributed by atoms with E-state index in [2.05, 4.69) is 34.3 Å². The number of fused-ring (bicyclic) bond motifs is 1. The lowest BCUT2D eigenvalue weighted by Crippen LogP contribution is -2.20. The molecule has 1 atom stereocenters. The third-order valence-corrected chi connectivity index (χ3v) is 5.83. The fourth-order valence-corrected chi connectivity index (χ4v) is 4.43. The summed E-state index contributed by atoms with van der Waals surface area (Å²) < 4.78 is 2.24. The average Bonchev–Trinajstić information content (AvgIpc) is 3.11. The molecule has 3 rings (SSSR count). The highest BCUT2D eigenvalue weighted by atomic mass is 32.1. The number of nitrogens with one attached hydrogen (secondary N) is 2. The molecule has 2 N–H and O–H groups in total. The van der Waals surface area contributed by atoms with Gasteiger partial charge in [0.25, 0.3) is 0 Å². The fraction of sp³-hybridized carbons (Fsp3) is 0.625. The molecule has 8 heteroatoms. The van der Waals surface area contributed by atoms with Crippen molar-refractivity contribution < 1.29 is 4.79 Å². The smallest absolute Gasteiger partial charge is 0.246 e. The number of thiazole rings is 1. The molecular formula is C16H23N5OS2. The number of carbonyl (C=O) groups excluding carboxylic acids is 1. The Labute approximate surface area is 150 Å². The van der Waals surface area contributed by atoms with Crippen LogP contribution in [0, 0.1) is 10.7 Å². The molecule has 0 fully saturated rings. The number of aryl methyl sites for hydroxylation is 2. The maximum Gasteiger partial charge on any atom is 0.246 e. The molecule has 130 valence electrons. The van der Waals surface area contributed by atoms with Gasteiger partial charge in [0.2, 0.25) is 5.91 Å². The fourth-order valence-electron chi connectivity index (χ4n) is 3.08. The maximum absolute atomic E-state index is 12.4. The topological polar surface area (TPSA) is 75.6 Å². The normalized spacial score (nSPS) is 16.8. The zero-order chi connectivity index (χ0) is 17.1. The van der Waals surface area contributed by atoms with E-state index in [0.717, 1.165) is 43.1 Å². The van der Waals surface area contributed by atoms with E-state index >= 15 is 0 Å². The Morgan fingerprint density at radius 2 is 2.33 bits per heavy atom. The van der Waals surface area contributed by atoms with E-state index in [0.29, 0.717) is 9.90 Å². The second-order valence-electron chi connectivity index (χ2n) is 6.24. The number of hydrogen-bond donors (Lipinski definition) is 2. The second kappa shape index (κ2) is 7.57. The quantitative estimate of drug-likeness (QED) is 0.768. The van der Waals surface area contributed by atoms with Crippen LogP contribution in [0.2, 0.25) is 0 Å². The molecule has 0 aromatic carbocycles. The molecule has 2 aromatic rings. The Morgan fingerprint density at radius 1 is 1.50 bits per heavy atom. The van der Waals surface area contributed by atoms with Crippen molar-refractivity contribution in [1.82, 2.24) is 19.7 Å². The molecule has 0 bridgehead atoms. The molecule has 24 heavy (non-hydrogen) atoms. The van der Waals surface area contributed by atoms with Gasteiger partial charge in [-0.3, -0.25) is 14.5 Å². The molecule has 0 spiro atoms. The Kier molecular flexibility index (Phi) is 5.45. The summed E-state index contributed by atoms with van der Waals surface area (Å²) in [5, 5.41) is 10.6. The standard InChI is InChI=1S/C16H23N5OS2/c1-3-5-13-19-20-16(23)21(13)9-14(22)18-15-17-11-7-6-10(4-2)8-12(11)24-15/h10H,3-9H2,1-2H3,(H,20,23)(H,17,18,22)/t10-/m1/s1. The number of aromatic nitrogens is 4. The minimum absolute atomic E-state index is 0.108. The first-order valence-corrected chi connectivity index (χ1v) is 9.75. The van der Waals surface area contributed by atoms with Gasteiger partial charge in [-0.2, -0.15) is 5.10 Å². The van der Waals surface area contributed by atoms with Gasteiger partial charge in [-0.25, -0.2) is 4.98 Å². The molecule has 0 unspecified atom stereocenters. The highest BCUT2D eigenvalue weighted by molar-refractivity contribution is 7.71. The monoisotopic (exact) mass is 365 g/mol. The summed E-state index contributed by atoms with van der Waals surface area (Å²) in [4.78, 5) is 18.3. The molecule has 2 aromatic heterocycles. The van der Waals surface area contributed by atoms with Crippen LogP contribution in [-0.4, -0.2) is 25.7 Å². The van der Waals surface area contributed by atoms with Crippen molar-refractivity contribution in [3.8, 4) is 0 Å². The number of nitrogens with zero attached hydrogens (tertiary/aromatic N) is 3. The summed E-state index contributed by atoms with van der Waals surface area (Å²) in [6, 6.07) is 0. The molecule has 0 aliphatic heterocycles. The van der Waals surface area contributed by atoms with Gasteiger partial charge in [-0.05, 0) is 43.8 Å². The molecule has 0 radical (unpaired) electrons. The molecule has 0 saturated carbocycles. The van der Waals surface area contributed by atoms with Crippen LogP contribution in [-0.2, 0) is 30.6 Å². The van der Waals surface area contributed by atoms with Gasteiger partial charge in [0.05, 0.1) is 5.69 Å². The molecule has 6 nitrogen and oxygen atoms in total. The SMILES string of the molecule is CCCc1n[nH]c(=S)n1CC(=O)Nc1nc2c(s1)C[C@H](CC)CC2. The van der Waals surface area contributed by atoms with E-state index < -0.39 is 0 Å². The molecule has 1 amide bonds. The number of rotatable bonds is 6. The first-order chi connectivity index (χ1) is 11.6. The Hall–Kier alpha value is -1.54. The maximum atomic E-state index is 12.4. The number of anilines is 1.